The van der Waals surface area contributed by atoms with Gasteiger partial charge in [0.1, 0.15) is 10.8 Å². The summed E-state index contributed by atoms with van der Waals surface area (Å²) >= 11 is 5.96. The van der Waals surface area contributed by atoms with Crippen LogP contribution in [0.2, 0.25) is 5.02 Å². The van der Waals surface area contributed by atoms with E-state index in [0.717, 1.165) is 12.8 Å². The van der Waals surface area contributed by atoms with Crippen LogP contribution in [0.5, 0.6) is 5.75 Å². The molecule has 0 unspecified atom stereocenters. The molecule has 4 N–H and O–H groups in total. The van der Waals surface area contributed by atoms with Crippen molar-refractivity contribution in [3.63, 3.8) is 0 Å². The summed E-state index contributed by atoms with van der Waals surface area (Å²) in [6.07, 6.45) is 1.85. The second-order valence-electron chi connectivity index (χ2n) is 5.36. The Morgan fingerprint density at radius 2 is 2.00 bits per heavy atom. The minimum Gasteiger partial charge on any atom is -0.506 e. The third-order valence-corrected chi connectivity index (χ3v) is 4.26. The van der Waals surface area contributed by atoms with Crippen molar-refractivity contribution < 1.29 is 9.90 Å². The quantitative estimate of drug-likeness (QED) is 0.686. The molecule has 0 aromatic heterocycles. The van der Waals surface area contributed by atoms with Crippen LogP contribution in [0.15, 0.2) is 11.1 Å². The molecule has 1 aromatic carbocycles. The number of amides is 1. The molecule has 0 saturated carbocycles. The van der Waals surface area contributed by atoms with E-state index < -0.39 is 0 Å². The number of fused-ring (bicyclic) bond motifs is 1. The normalized spacial score (nSPS) is 20.0. The summed E-state index contributed by atoms with van der Waals surface area (Å²) in [7, 11) is 0. The lowest BCUT2D eigenvalue weighted by Gasteiger charge is -2.32. The van der Waals surface area contributed by atoms with Crippen LogP contribution in [0.25, 0.3) is 0 Å². The van der Waals surface area contributed by atoms with Crippen LogP contribution in [-0.2, 0) is 4.79 Å². The molecule has 8 heteroatoms. The van der Waals surface area contributed by atoms with Crippen LogP contribution in [0.3, 0.4) is 0 Å². The maximum absolute atomic E-state index is 12.4. The van der Waals surface area contributed by atoms with Gasteiger partial charge in [-0.05, 0) is 31.4 Å². The number of carbonyl (C=O) groups excluding carboxylic acids is 1. The Bertz CT molecular complexity index is 690. The molecule has 0 spiro atoms. The third kappa shape index (κ3) is 2.09. The number of hydrogen-bond donors (Lipinski definition) is 3. The summed E-state index contributed by atoms with van der Waals surface area (Å²) in [6.45, 7) is 2.89. The number of aromatic hydroxyl groups is 1. The second-order valence-corrected chi connectivity index (χ2v) is 5.73. The summed E-state index contributed by atoms with van der Waals surface area (Å²) < 4.78 is 0. The van der Waals surface area contributed by atoms with Crippen molar-refractivity contribution in [3.05, 3.63) is 16.7 Å². The predicted octanol–water partition coefficient (Wildman–Crippen LogP) is 1.84. The molecule has 2 saturated heterocycles. The summed E-state index contributed by atoms with van der Waals surface area (Å²) in [5.74, 6) is -0.325. The van der Waals surface area contributed by atoms with Gasteiger partial charge in [0, 0.05) is 13.1 Å². The number of nitrogens with one attached hydrogen (secondary N) is 1. The van der Waals surface area contributed by atoms with E-state index in [-0.39, 0.29) is 39.6 Å². The Morgan fingerprint density at radius 1 is 1.36 bits per heavy atom. The maximum atomic E-state index is 12.4. The number of amidine groups is 1. The van der Waals surface area contributed by atoms with E-state index in [9.17, 15) is 9.90 Å². The van der Waals surface area contributed by atoms with Gasteiger partial charge < -0.3 is 10.8 Å². The molecule has 2 aliphatic rings. The van der Waals surface area contributed by atoms with Crippen molar-refractivity contribution in [2.75, 3.05) is 18.8 Å². The van der Waals surface area contributed by atoms with Crippen LogP contribution >= 0.6 is 11.6 Å². The first-order valence-electron chi connectivity index (χ1n) is 6.96. The lowest BCUT2D eigenvalue weighted by Crippen LogP contribution is -2.45. The zero-order valence-electron chi connectivity index (χ0n) is 12.1. The highest BCUT2D eigenvalue weighted by molar-refractivity contribution is 6.68. The van der Waals surface area contributed by atoms with E-state index in [1.165, 1.54) is 5.01 Å². The number of nitrogens with zero attached hydrogens (tertiary/aromatic N) is 3. The van der Waals surface area contributed by atoms with E-state index in [1.54, 1.807) is 18.0 Å². The number of nitrogens with two attached hydrogens (primary N) is 1. The monoisotopic (exact) mass is 321 g/mol. The molecular formula is C14H16ClN5O2. The van der Waals surface area contributed by atoms with Gasteiger partial charge >= 0.3 is 0 Å². The smallest absolute Gasteiger partial charge is 0.294 e. The minimum absolute atomic E-state index is 0.00866. The number of anilines is 1. The Balaban J connectivity index is 2.06. The summed E-state index contributed by atoms with van der Waals surface area (Å²) in [6, 6.07) is 1.55. The number of hydrogen-bond acceptors (Lipinski definition) is 5. The van der Waals surface area contributed by atoms with Gasteiger partial charge in [0.25, 0.3) is 5.91 Å². The van der Waals surface area contributed by atoms with Gasteiger partial charge in [0.15, 0.2) is 11.5 Å². The molecule has 0 bridgehead atoms. The SMILES string of the molecule is Cc1cc(N=C2C(=N)N3CCCCN3C2=O)c(N)c(Cl)c1O. The first-order chi connectivity index (χ1) is 10.4. The fourth-order valence-corrected chi connectivity index (χ4v) is 2.88. The van der Waals surface area contributed by atoms with Crippen molar-refractivity contribution in [2.45, 2.75) is 19.8 Å². The van der Waals surface area contributed by atoms with Gasteiger partial charge in [-0.1, -0.05) is 11.6 Å². The number of hydrazine groups is 1. The van der Waals surface area contributed by atoms with Crippen molar-refractivity contribution in [1.29, 1.82) is 5.41 Å². The molecule has 116 valence electrons. The molecule has 0 aliphatic carbocycles. The molecule has 0 radical (unpaired) electrons. The van der Waals surface area contributed by atoms with E-state index in [0.29, 0.717) is 18.7 Å². The molecule has 7 nitrogen and oxygen atoms in total. The zero-order valence-corrected chi connectivity index (χ0v) is 12.8. The lowest BCUT2D eigenvalue weighted by molar-refractivity contribution is -0.134. The summed E-state index contributed by atoms with van der Waals surface area (Å²) in [5.41, 5.74) is 6.80. The van der Waals surface area contributed by atoms with Gasteiger partial charge in [-0.15, -0.1) is 0 Å². The second kappa shape index (κ2) is 5.17. The maximum Gasteiger partial charge on any atom is 0.294 e. The zero-order chi connectivity index (χ0) is 16.0. The van der Waals surface area contributed by atoms with E-state index in [1.807, 2.05) is 0 Å². The van der Waals surface area contributed by atoms with Gasteiger partial charge in [-0.2, -0.15) is 0 Å². The fraction of sp³-hybridized carbons (Fsp3) is 0.357. The highest BCUT2D eigenvalue weighted by atomic mass is 35.5. The first kappa shape index (κ1) is 14.6. The number of aliphatic imine (C=N–C) groups is 1. The van der Waals surface area contributed by atoms with E-state index >= 15 is 0 Å². The molecular weight excluding hydrogens is 306 g/mol. The number of nitrogen functional groups attached to an aromatic ring is 1. The molecule has 3 rings (SSSR count). The van der Waals surface area contributed by atoms with Gasteiger partial charge in [-0.25, -0.2) is 10.0 Å². The minimum atomic E-state index is -0.300. The Labute approximate surface area is 132 Å². The van der Waals surface area contributed by atoms with E-state index in [2.05, 4.69) is 4.99 Å². The van der Waals surface area contributed by atoms with Crippen LogP contribution < -0.4 is 5.73 Å². The largest absolute Gasteiger partial charge is 0.506 e. The first-order valence-corrected chi connectivity index (χ1v) is 7.34. The Kier molecular flexibility index (Phi) is 3.44. The van der Waals surface area contributed by atoms with E-state index in [4.69, 9.17) is 22.7 Å². The molecule has 2 heterocycles. The lowest BCUT2D eigenvalue weighted by atomic mass is 10.1. The molecule has 0 atom stereocenters. The van der Waals surface area contributed by atoms with Crippen LogP contribution in [-0.4, -0.2) is 45.7 Å². The molecule has 1 amide bonds. The molecule has 22 heavy (non-hydrogen) atoms. The highest BCUT2D eigenvalue weighted by Crippen LogP contribution is 2.39. The van der Waals surface area contributed by atoms with Gasteiger partial charge in [-0.3, -0.25) is 15.2 Å². The summed E-state index contributed by atoms with van der Waals surface area (Å²) in [4.78, 5) is 16.6. The van der Waals surface area contributed by atoms with Crippen LogP contribution in [0, 0.1) is 12.3 Å². The topological polar surface area (TPSA) is 106 Å². The number of rotatable bonds is 1. The average Bonchev–Trinajstić information content (AvgIpc) is 2.76. The fourth-order valence-electron chi connectivity index (χ4n) is 2.63. The van der Waals surface area contributed by atoms with Crippen molar-refractivity contribution in [1.82, 2.24) is 10.0 Å². The number of aryl methyl sites for hydroxylation is 1. The standard InChI is InChI=1S/C14H16ClN5O2/c1-7-6-8(10(16)9(15)12(7)21)18-11-13(17)19-4-2-3-5-20(19)14(11)22/h6,17,21H,2-5,16H2,1H3. The molecule has 2 fully saturated rings. The number of benzene rings is 1. The third-order valence-electron chi connectivity index (χ3n) is 3.88. The molecule has 1 aromatic rings. The predicted molar refractivity (Wildman–Crippen MR) is 84.7 cm³/mol. The van der Waals surface area contributed by atoms with Crippen LogP contribution in [0.1, 0.15) is 18.4 Å². The molecule has 2 aliphatic heterocycles. The van der Waals surface area contributed by atoms with Crippen LogP contribution in [0.4, 0.5) is 11.4 Å². The summed E-state index contributed by atoms with van der Waals surface area (Å²) in [5, 5.41) is 21.1. The van der Waals surface area contributed by atoms with Crippen molar-refractivity contribution in [3.8, 4) is 5.75 Å². The van der Waals surface area contributed by atoms with Gasteiger partial charge in [0.2, 0.25) is 0 Å². The van der Waals surface area contributed by atoms with Gasteiger partial charge in [0.05, 0.1) is 11.4 Å². The van der Waals surface area contributed by atoms with Crippen molar-refractivity contribution in [2.24, 2.45) is 4.99 Å². The Hall–Kier alpha value is -2.28. The average molecular weight is 322 g/mol. The number of halogens is 1. The highest BCUT2D eigenvalue weighted by Gasteiger charge is 2.40. The number of phenols is 1. The number of carbonyl (C=O) groups is 1. The van der Waals surface area contributed by atoms with Crippen molar-refractivity contribution >= 4 is 40.4 Å². The number of phenolic OH excluding ortho intramolecular Hbond substituents is 1. The Morgan fingerprint density at radius 3 is 2.64 bits per heavy atom.